The first-order chi connectivity index (χ1) is 8.40. The summed E-state index contributed by atoms with van der Waals surface area (Å²) in [6, 6.07) is 17.2. The molecule has 1 nitrogen and oxygen atoms in total. The Morgan fingerprint density at radius 2 is 1.24 bits per heavy atom. The van der Waals surface area contributed by atoms with Crippen LogP contribution < -0.4 is 0 Å². The van der Waals surface area contributed by atoms with Crippen LogP contribution in [0.25, 0.3) is 0 Å². The molecule has 0 spiro atoms. The van der Waals surface area contributed by atoms with Gasteiger partial charge in [0.2, 0.25) is 0 Å². The lowest BCUT2D eigenvalue weighted by Gasteiger charge is -2.09. The molecule has 2 aromatic rings. The summed E-state index contributed by atoms with van der Waals surface area (Å²) in [6.07, 6.45) is 2.21. The number of rotatable bonds is 0. The molecule has 0 aliphatic heterocycles. The summed E-state index contributed by atoms with van der Waals surface area (Å²) < 4.78 is 0. The van der Waals surface area contributed by atoms with Crippen molar-refractivity contribution in [1.82, 2.24) is 0 Å². The summed E-state index contributed by atoms with van der Waals surface area (Å²) in [5, 5.41) is 0. The van der Waals surface area contributed by atoms with Crippen LogP contribution >= 0.6 is 0 Å². The summed E-state index contributed by atoms with van der Waals surface area (Å²) in [5.74, 6) is 0. The molecule has 0 unspecified atom stereocenters. The fourth-order valence-electron chi connectivity index (χ4n) is 2.59. The van der Waals surface area contributed by atoms with Gasteiger partial charge in [-0.3, -0.25) is 4.99 Å². The Bertz CT molecular complexity index is 532. The molecule has 84 valence electrons. The van der Waals surface area contributed by atoms with Gasteiger partial charge in [-0.15, -0.1) is 0 Å². The largest absolute Gasteiger partial charge is 0.287 e. The molecule has 2 aromatic carbocycles. The van der Waals surface area contributed by atoms with E-state index in [1.807, 2.05) is 7.05 Å². The van der Waals surface area contributed by atoms with Gasteiger partial charge in [0.25, 0.3) is 0 Å². The molecular weight excluding hydrogens is 206 g/mol. The zero-order chi connectivity index (χ0) is 11.7. The Kier molecular flexibility index (Phi) is 2.52. The Hall–Kier alpha value is -1.89. The third-order valence-corrected chi connectivity index (χ3v) is 3.43. The summed E-state index contributed by atoms with van der Waals surface area (Å²) in [7, 11) is 1.88. The molecule has 1 heteroatoms. The number of fused-ring (bicyclic) bond motifs is 2. The van der Waals surface area contributed by atoms with Gasteiger partial charge in [0, 0.05) is 18.2 Å². The van der Waals surface area contributed by atoms with E-state index in [1.165, 1.54) is 22.3 Å². The average Bonchev–Trinajstić information content (AvgIpc) is 2.55. The first-order valence-electron chi connectivity index (χ1n) is 6.03. The third kappa shape index (κ3) is 1.68. The summed E-state index contributed by atoms with van der Waals surface area (Å²) in [6.45, 7) is 0. The molecule has 0 fully saturated rings. The van der Waals surface area contributed by atoms with Crippen LogP contribution in [0.15, 0.2) is 53.5 Å². The number of hydrogen-bond donors (Lipinski definition) is 0. The molecule has 0 radical (unpaired) electrons. The SMILES string of the molecule is CN=C1c2ccccc2CCc2ccccc21. The minimum absolute atomic E-state index is 1.10. The lowest BCUT2D eigenvalue weighted by atomic mass is 9.98. The van der Waals surface area contributed by atoms with Crippen LogP contribution in [0.3, 0.4) is 0 Å². The quantitative estimate of drug-likeness (QED) is 0.647. The van der Waals surface area contributed by atoms with E-state index in [9.17, 15) is 0 Å². The number of hydrogen-bond acceptors (Lipinski definition) is 1. The number of aliphatic imine (C=N–C) groups is 1. The Morgan fingerprint density at radius 1 is 0.765 bits per heavy atom. The van der Waals surface area contributed by atoms with Crippen LogP contribution in [0.5, 0.6) is 0 Å². The second-order valence-electron chi connectivity index (χ2n) is 4.39. The van der Waals surface area contributed by atoms with Crippen molar-refractivity contribution < 1.29 is 0 Å². The Morgan fingerprint density at radius 3 is 1.71 bits per heavy atom. The van der Waals surface area contributed by atoms with Crippen LogP contribution in [0.2, 0.25) is 0 Å². The number of nitrogens with zero attached hydrogens (tertiary/aromatic N) is 1. The van der Waals surface area contributed by atoms with E-state index in [-0.39, 0.29) is 0 Å². The van der Waals surface area contributed by atoms with E-state index in [1.54, 1.807) is 0 Å². The first-order valence-corrected chi connectivity index (χ1v) is 6.03. The topological polar surface area (TPSA) is 12.4 Å². The van der Waals surface area contributed by atoms with Gasteiger partial charge in [0.1, 0.15) is 0 Å². The molecule has 0 saturated carbocycles. The van der Waals surface area contributed by atoms with Gasteiger partial charge in [-0.2, -0.15) is 0 Å². The number of aryl methyl sites for hydroxylation is 2. The van der Waals surface area contributed by atoms with Crippen molar-refractivity contribution >= 4 is 5.71 Å². The van der Waals surface area contributed by atoms with E-state index < -0.39 is 0 Å². The fourth-order valence-corrected chi connectivity index (χ4v) is 2.59. The van der Waals surface area contributed by atoms with Gasteiger partial charge < -0.3 is 0 Å². The molecule has 0 aromatic heterocycles. The minimum atomic E-state index is 1.10. The molecule has 0 N–H and O–H groups in total. The molecule has 1 aliphatic rings. The molecule has 3 rings (SSSR count). The molecule has 0 amide bonds. The van der Waals surface area contributed by atoms with Gasteiger partial charge in [0.05, 0.1) is 5.71 Å². The second-order valence-corrected chi connectivity index (χ2v) is 4.39. The maximum absolute atomic E-state index is 4.51. The highest BCUT2D eigenvalue weighted by molar-refractivity contribution is 6.14. The molecule has 0 heterocycles. The van der Waals surface area contributed by atoms with Crippen molar-refractivity contribution in [3.05, 3.63) is 70.8 Å². The van der Waals surface area contributed by atoms with Gasteiger partial charge in [-0.1, -0.05) is 48.5 Å². The highest BCUT2D eigenvalue weighted by Crippen LogP contribution is 2.24. The van der Waals surface area contributed by atoms with E-state index in [2.05, 4.69) is 53.5 Å². The van der Waals surface area contributed by atoms with E-state index in [0.717, 1.165) is 18.6 Å². The number of benzene rings is 2. The second kappa shape index (κ2) is 4.17. The van der Waals surface area contributed by atoms with Gasteiger partial charge in [-0.25, -0.2) is 0 Å². The summed E-state index contributed by atoms with van der Waals surface area (Å²) >= 11 is 0. The maximum Gasteiger partial charge on any atom is 0.0721 e. The van der Waals surface area contributed by atoms with Gasteiger partial charge in [-0.05, 0) is 24.0 Å². The average molecular weight is 221 g/mol. The summed E-state index contributed by atoms with van der Waals surface area (Å²) in [5.41, 5.74) is 6.53. The van der Waals surface area contributed by atoms with Crippen molar-refractivity contribution in [2.45, 2.75) is 12.8 Å². The van der Waals surface area contributed by atoms with E-state index in [4.69, 9.17) is 0 Å². The van der Waals surface area contributed by atoms with Crippen LogP contribution in [0, 0.1) is 0 Å². The van der Waals surface area contributed by atoms with Crippen LogP contribution in [0.4, 0.5) is 0 Å². The van der Waals surface area contributed by atoms with Crippen molar-refractivity contribution in [1.29, 1.82) is 0 Å². The maximum atomic E-state index is 4.51. The zero-order valence-electron chi connectivity index (χ0n) is 9.98. The standard InChI is InChI=1S/C16H15N/c1-17-16-14-8-4-2-6-12(14)10-11-13-7-3-5-9-15(13)16/h2-9H,10-11H2,1H3. The van der Waals surface area contributed by atoms with Crippen molar-refractivity contribution in [2.24, 2.45) is 4.99 Å². The fraction of sp³-hybridized carbons (Fsp3) is 0.188. The van der Waals surface area contributed by atoms with Crippen molar-refractivity contribution in [2.75, 3.05) is 7.05 Å². The Balaban J connectivity index is 2.27. The normalized spacial score (nSPS) is 13.6. The van der Waals surface area contributed by atoms with Gasteiger partial charge in [0.15, 0.2) is 0 Å². The van der Waals surface area contributed by atoms with Crippen LogP contribution in [0.1, 0.15) is 22.3 Å². The summed E-state index contributed by atoms with van der Waals surface area (Å²) in [4.78, 5) is 4.51. The molecular formula is C16H15N. The lowest BCUT2D eigenvalue weighted by Crippen LogP contribution is -2.05. The smallest absolute Gasteiger partial charge is 0.0721 e. The van der Waals surface area contributed by atoms with Gasteiger partial charge >= 0.3 is 0 Å². The lowest BCUT2D eigenvalue weighted by molar-refractivity contribution is 0.965. The van der Waals surface area contributed by atoms with Crippen molar-refractivity contribution in [3.63, 3.8) is 0 Å². The van der Waals surface area contributed by atoms with Crippen LogP contribution in [-0.2, 0) is 12.8 Å². The van der Waals surface area contributed by atoms with E-state index >= 15 is 0 Å². The first kappa shape index (κ1) is 10.3. The highest BCUT2D eigenvalue weighted by atomic mass is 14.7. The van der Waals surface area contributed by atoms with Crippen molar-refractivity contribution in [3.8, 4) is 0 Å². The molecule has 1 aliphatic carbocycles. The predicted molar refractivity (Wildman–Crippen MR) is 71.9 cm³/mol. The highest BCUT2D eigenvalue weighted by Gasteiger charge is 2.17. The Labute approximate surface area is 102 Å². The molecule has 17 heavy (non-hydrogen) atoms. The zero-order valence-corrected chi connectivity index (χ0v) is 9.98. The third-order valence-electron chi connectivity index (χ3n) is 3.43. The molecule has 0 atom stereocenters. The molecule has 0 bridgehead atoms. The van der Waals surface area contributed by atoms with Crippen LogP contribution in [-0.4, -0.2) is 12.8 Å². The molecule has 0 saturated heterocycles. The van der Waals surface area contributed by atoms with E-state index in [0.29, 0.717) is 0 Å². The monoisotopic (exact) mass is 221 g/mol. The minimum Gasteiger partial charge on any atom is -0.287 e. The predicted octanol–water partition coefficient (Wildman–Crippen LogP) is 3.25.